The summed E-state index contributed by atoms with van der Waals surface area (Å²) in [7, 11) is 1.29. The van der Waals surface area contributed by atoms with Crippen LogP contribution >= 0.6 is 0 Å². The first-order chi connectivity index (χ1) is 6.49. The second-order valence-electron chi connectivity index (χ2n) is 3.35. The van der Waals surface area contributed by atoms with E-state index in [0.717, 1.165) is 0 Å². The predicted molar refractivity (Wildman–Crippen MR) is 47.4 cm³/mol. The number of rotatable bonds is 1. The summed E-state index contributed by atoms with van der Waals surface area (Å²) in [4.78, 5) is 23.3. The Labute approximate surface area is 81.6 Å². The molecular formula is C8H14N2O4. The van der Waals surface area contributed by atoms with Gasteiger partial charge in [-0.05, 0) is 0 Å². The van der Waals surface area contributed by atoms with Gasteiger partial charge in [-0.2, -0.15) is 0 Å². The number of amides is 2. The lowest BCUT2D eigenvalue weighted by Crippen LogP contribution is -2.53. The third kappa shape index (κ3) is 1.95. The maximum Gasteiger partial charge on any atom is 0.409 e. The minimum atomic E-state index is -1.47. The van der Waals surface area contributed by atoms with Crippen molar-refractivity contribution in [3.05, 3.63) is 0 Å². The summed E-state index contributed by atoms with van der Waals surface area (Å²) in [6, 6.07) is 0. The summed E-state index contributed by atoms with van der Waals surface area (Å²) in [5.74, 6) is -0.734. The lowest BCUT2D eigenvalue weighted by Gasteiger charge is -2.35. The number of nitrogens with two attached hydrogens (primary N) is 1. The van der Waals surface area contributed by atoms with E-state index in [1.807, 2.05) is 0 Å². The van der Waals surface area contributed by atoms with Crippen molar-refractivity contribution in [1.82, 2.24) is 4.90 Å². The third-order valence-corrected chi connectivity index (χ3v) is 2.48. The Morgan fingerprint density at radius 3 is 2.29 bits per heavy atom. The maximum absolute atomic E-state index is 11.1. The molecule has 1 rings (SSSR count). The fourth-order valence-electron chi connectivity index (χ4n) is 1.43. The highest BCUT2D eigenvalue weighted by Gasteiger charge is 2.38. The summed E-state index contributed by atoms with van der Waals surface area (Å²) < 4.78 is 4.51. The first-order valence-corrected chi connectivity index (χ1v) is 4.35. The number of piperidine rings is 1. The van der Waals surface area contributed by atoms with Crippen LogP contribution in [0.25, 0.3) is 0 Å². The van der Waals surface area contributed by atoms with Crippen molar-refractivity contribution >= 4 is 12.0 Å². The van der Waals surface area contributed by atoms with Crippen molar-refractivity contribution in [2.75, 3.05) is 20.2 Å². The molecule has 2 amide bonds. The highest BCUT2D eigenvalue weighted by atomic mass is 16.5. The van der Waals surface area contributed by atoms with Crippen LogP contribution in [-0.4, -0.2) is 47.8 Å². The second kappa shape index (κ2) is 3.83. The molecule has 14 heavy (non-hydrogen) atoms. The van der Waals surface area contributed by atoms with Gasteiger partial charge in [0, 0.05) is 25.9 Å². The number of ether oxygens (including phenoxy) is 1. The monoisotopic (exact) mass is 202 g/mol. The highest BCUT2D eigenvalue weighted by molar-refractivity contribution is 5.83. The van der Waals surface area contributed by atoms with Crippen molar-refractivity contribution in [3.8, 4) is 0 Å². The molecule has 1 aliphatic heterocycles. The summed E-state index contributed by atoms with van der Waals surface area (Å²) in [6.07, 6.45) is -0.119. The molecule has 6 heteroatoms. The molecule has 0 spiro atoms. The summed E-state index contributed by atoms with van der Waals surface area (Å²) in [5.41, 5.74) is 3.56. The third-order valence-electron chi connectivity index (χ3n) is 2.48. The molecule has 1 aliphatic rings. The van der Waals surface area contributed by atoms with Crippen molar-refractivity contribution in [1.29, 1.82) is 0 Å². The normalized spacial score (nSPS) is 20.3. The van der Waals surface area contributed by atoms with Gasteiger partial charge in [-0.1, -0.05) is 0 Å². The number of hydrogen-bond acceptors (Lipinski definition) is 4. The predicted octanol–water partition coefficient (Wildman–Crippen LogP) is -0.935. The highest BCUT2D eigenvalue weighted by Crippen LogP contribution is 2.21. The van der Waals surface area contributed by atoms with Crippen molar-refractivity contribution in [2.24, 2.45) is 5.73 Å². The van der Waals surface area contributed by atoms with Crippen LogP contribution in [0.15, 0.2) is 0 Å². The number of aliphatic hydroxyl groups is 1. The van der Waals surface area contributed by atoms with Crippen LogP contribution in [0.2, 0.25) is 0 Å². The lowest BCUT2D eigenvalue weighted by molar-refractivity contribution is -0.140. The van der Waals surface area contributed by atoms with E-state index >= 15 is 0 Å². The zero-order chi connectivity index (χ0) is 10.8. The molecule has 0 unspecified atom stereocenters. The average Bonchev–Trinajstić information content (AvgIpc) is 2.17. The molecule has 0 aromatic heterocycles. The van der Waals surface area contributed by atoms with Gasteiger partial charge in [0.15, 0.2) is 0 Å². The Kier molecular flexibility index (Phi) is 2.95. The van der Waals surface area contributed by atoms with E-state index in [0.29, 0.717) is 0 Å². The van der Waals surface area contributed by atoms with Gasteiger partial charge in [0.1, 0.15) is 5.60 Å². The van der Waals surface area contributed by atoms with Crippen LogP contribution in [0.5, 0.6) is 0 Å². The molecule has 1 saturated heterocycles. The zero-order valence-electron chi connectivity index (χ0n) is 8.02. The average molecular weight is 202 g/mol. The lowest BCUT2D eigenvalue weighted by atomic mass is 9.91. The Morgan fingerprint density at radius 2 is 1.93 bits per heavy atom. The van der Waals surface area contributed by atoms with E-state index in [9.17, 15) is 14.7 Å². The maximum atomic E-state index is 11.1. The van der Waals surface area contributed by atoms with Gasteiger partial charge in [0.25, 0.3) is 0 Å². The first-order valence-electron chi connectivity index (χ1n) is 4.35. The fraction of sp³-hybridized carbons (Fsp3) is 0.750. The van der Waals surface area contributed by atoms with E-state index in [1.165, 1.54) is 12.0 Å². The molecule has 0 aromatic carbocycles. The Bertz CT molecular complexity index is 246. The molecule has 3 N–H and O–H groups in total. The molecule has 0 aliphatic carbocycles. The van der Waals surface area contributed by atoms with Gasteiger partial charge < -0.3 is 20.5 Å². The van der Waals surface area contributed by atoms with Crippen molar-refractivity contribution < 1.29 is 19.4 Å². The molecule has 1 heterocycles. The second-order valence-corrected chi connectivity index (χ2v) is 3.35. The molecule has 0 aromatic rings. The minimum absolute atomic E-state index is 0.164. The number of primary amides is 1. The van der Waals surface area contributed by atoms with Crippen molar-refractivity contribution in [3.63, 3.8) is 0 Å². The number of likely N-dealkylation sites (tertiary alicyclic amines) is 1. The topological polar surface area (TPSA) is 92.9 Å². The first kappa shape index (κ1) is 10.8. The Balaban J connectivity index is 2.54. The van der Waals surface area contributed by atoms with Crippen LogP contribution in [-0.2, 0) is 9.53 Å². The van der Waals surface area contributed by atoms with E-state index in [4.69, 9.17) is 5.73 Å². The molecule has 6 nitrogen and oxygen atoms in total. The molecular weight excluding hydrogens is 188 g/mol. The van der Waals surface area contributed by atoms with Gasteiger partial charge in [-0.3, -0.25) is 4.79 Å². The Morgan fingerprint density at radius 1 is 1.43 bits per heavy atom. The van der Waals surface area contributed by atoms with E-state index in [-0.39, 0.29) is 25.9 Å². The molecule has 0 atom stereocenters. The Hall–Kier alpha value is -1.30. The van der Waals surface area contributed by atoms with E-state index in [2.05, 4.69) is 4.74 Å². The number of carbonyl (C=O) groups excluding carboxylic acids is 2. The van der Waals surface area contributed by atoms with Crippen LogP contribution in [0.3, 0.4) is 0 Å². The van der Waals surface area contributed by atoms with Gasteiger partial charge in [-0.25, -0.2) is 4.79 Å². The van der Waals surface area contributed by atoms with Crippen LogP contribution in [0, 0.1) is 0 Å². The van der Waals surface area contributed by atoms with Crippen molar-refractivity contribution in [2.45, 2.75) is 18.4 Å². The van der Waals surface area contributed by atoms with Crippen LogP contribution < -0.4 is 5.73 Å². The van der Waals surface area contributed by atoms with Gasteiger partial charge in [0.05, 0.1) is 7.11 Å². The quantitative estimate of drug-likeness (QED) is 0.574. The fourth-order valence-corrected chi connectivity index (χ4v) is 1.43. The largest absolute Gasteiger partial charge is 0.453 e. The van der Waals surface area contributed by atoms with E-state index in [1.54, 1.807) is 0 Å². The van der Waals surface area contributed by atoms with Crippen LogP contribution in [0.4, 0.5) is 4.79 Å². The van der Waals surface area contributed by atoms with Crippen LogP contribution in [0.1, 0.15) is 12.8 Å². The summed E-state index contributed by atoms with van der Waals surface area (Å²) in [6.45, 7) is 0.568. The summed E-state index contributed by atoms with van der Waals surface area (Å²) in [5, 5.41) is 9.67. The minimum Gasteiger partial charge on any atom is -0.453 e. The molecule has 1 fully saturated rings. The molecule has 0 radical (unpaired) electrons. The number of nitrogens with zero attached hydrogens (tertiary/aromatic N) is 1. The number of methoxy groups -OCH3 is 1. The SMILES string of the molecule is COC(=O)N1CCC(O)(C(N)=O)CC1. The van der Waals surface area contributed by atoms with E-state index < -0.39 is 17.6 Å². The smallest absolute Gasteiger partial charge is 0.409 e. The van der Waals surface area contributed by atoms with Gasteiger partial charge in [-0.15, -0.1) is 0 Å². The van der Waals surface area contributed by atoms with Gasteiger partial charge in [0.2, 0.25) is 5.91 Å². The molecule has 0 bridgehead atoms. The number of carbonyl (C=O) groups is 2. The zero-order valence-corrected chi connectivity index (χ0v) is 8.02. The standard InChI is InChI=1S/C8H14N2O4/c1-14-7(12)10-4-2-8(13,3-5-10)6(9)11/h13H,2-5H2,1H3,(H2,9,11). The molecule has 0 saturated carbocycles. The molecule has 80 valence electrons. The number of hydrogen-bond donors (Lipinski definition) is 2. The summed E-state index contributed by atoms with van der Waals surface area (Å²) >= 11 is 0. The van der Waals surface area contributed by atoms with Gasteiger partial charge >= 0.3 is 6.09 Å².